The Morgan fingerprint density at radius 1 is 1.15 bits per heavy atom. The predicted octanol–water partition coefficient (Wildman–Crippen LogP) is 1.05. The zero-order valence-corrected chi connectivity index (χ0v) is 11.9. The van der Waals surface area contributed by atoms with Crippen molar-refractivity contribution in [1.29, 1.82) is 0 Å². The molecule has 0 aliphatic carbocycles. The lowest BCUT2D eigenvalue weighted by molar-refractivity contribution is 0.312. The van der Waals surface area contributed by atoms with Gasteiger partial charge in [0, 0.05) is 31.9 Å². The molecule has 2 aromatic heterocycles. The predicted molar refractivity (Wildman–Crippen MR) is 75.7 cm³/mol. The fraction of sp³-hybridized carbons (Fsp3) is 0.500. The van der Waals surface area contributed by atoms with Crippen LogP contribution in [0.4, 0.5) is 11.9 Å². The van der Waals surface area contributed by atoms with Crippen LogP contribution in [0.25, 0.3) is 0 Å². The second kappa shape index (κ2) is 6.69. The zero-order valence-electron chi connectivity index (χ0n) is 11.9. The normalized spacial score (nSPS) is 10.3. The molecule has 0 atom stereocenters. The van der Waals surface area contributed by atoms with Crippen LogP contribution in [-0.4, -0.2) is 37.9 Å². The molecular weight excluding hydrogens is 258 g/mol. The van der Waals surface area contributed by atoms with E-state index in [1.807, 2.05) is 27.1 Å². The molecule has 20 heavy (non-hydrogen) atoms. The van der Waals surface area contributed by atoms with Crippen molar-refractivity contribution in [3.8, 4) is 6.01 Å². The smallest absolute Gasteiger partial charge is 0.323 e. The van der Waals surface area contributed by atoms with Crippen molar-refractivity contribution >= 4 is 11.9 Å². The highest BCUT2D eigenvalue weighted by Gasteiger charge is 2.07. The van der Waals surface area contributed by atoms with Gasteiger partial charge in [-0.05, 0) is 13.8 Å². The first-order valence-corrected chi connectivity index (χ1v) is 6.55. The van der Waals surface area contributed by atoms with Crippen LogP contribution in [0.1, 0.15) is 19.4 Å². The molecule has 0 spiro atoms. The summed E-state index contributed by atoms with van der Waals surface area (Å²) in [6.07, 6.45) is 3.73. The molecule has 0 amide bonds. The number of rotatable bonds is 7. The number of nitrogens with zero attached hydrogens (tertiary/aromatic N) is 5. The SMILES string of the molecule is CCNc1nc(NCc2cnn(C)c2)nc(OCC)n1. The third kappa shape index (κ3) is 3.81. The molecule has 0 aromatic carbocycles. The topological polar surface area (TPSA) is 89.8 Å². The molecular formula is C12H19N7O. The molecule has 108 valence electrons. The molecule has 8 nitrogen and oxygen atoms in total. The second-order valence-corrected chi connectivity index (χ2v) is 4.10. The van der Waals surface area contributed by atoms with Gasteiger partial charge in [0.1, 0.15) is 0 Å². The van der Waals surface area contributed by atoms with Gasteiger partial charge in [-0.1, -0.05) is 0 Å². The summed E-state index contributed by atoms with van der Waals surface area (Å²) in [4.78, 5) is 12.6. The summed E-state index contributed by atoms with van der Waals surface area (Å²) in [6, 6.07) is 0.312. The van der Waals surface area contributed by atoms with E-state index in [9.17, 15) is 0 Å². The maximum atomic E-state index is 5.33. The van der Waals surface area contributed by atoms with E-state index in [2.05, 4.69) is 30.7 Å². The molecule has 0 bridgehead atoms. The van der Waals surface area contributed by atoms with E-state index in [4.69, 9.17) is 4.74 Å². The van der Waals surface area contributed by atoms with E-state index >= 15 is 0 Å². The largest absolute Gasteiger partial charge is 0.464 e. The van der Waals surface area contributed by atoms with Crippen LogP contribution in [0.15, 0.2) is 12.4 Å². The first-order valence-electron chi connectivity index (χ1n) is 6.55. The highest BCUT2D eigenvalue weighted by Crippen LogP contribution is 2.12. The lowest BCUT2D eigenvalue weighted by atomic mass is 10.4. The van der Waals surface area contributed by atoms with Gasteiger partial charge in [-0.3, -0.25) is 4.68 Å². The highest BCUT2D eigenvalue weighted by atomic mass is 16.5. The van der Waals surface area contributed by atoms with Crippen LogP contribution in [0.2, 0.25) is 0 Å². The van der Waals surface area contributed by atoms with Crippen LogP contribution in [0.5, 0.6) is 6.01 Å². The summed E-state index contributed by atoms with van der Waals surface area (Å²) in [5.41, 5.74) is 1.05. The Morgan fingerprint density at radius 3 is 2.50 bits per heavy atom. The van der Waals surface area contributed by atoms with Crippen molar-refractivity contribution < 1.29 is 4.74 Å². The molecule has 2 N–H and O–H groups in total. The minimum Gasteiger partial charge on any atom is -0.464 e. The van der Waals surface area contributed by atoms with Crippen LogP contribution in [-0.2, 0) is 13.6 Å². The summed E-state index contributed by atoms with van der Waals surface area (Å²) in [5.74, 6) is 0.975. The number of hydrogen-bond donors (Lipinski definition) is 2. The Hall–Kier alpha value is -2.38. The average Bonchev–Trinajstić information content (AvgIpc) is 2.83. The lowest BCUT2D eigenvalue weighted by Gasteiger charge is -2.08. The number of aryl methyl sites for hydroxylation is 1. The molecule has 2 aromatic rings. The first kappa shape index (κ1) is 14.0. The van der Waals surface area contributed by atoms with Crippen LogP contribution >= 0.6 is 0 Å². The number of aromatic nitrogens is 5. The summed E-state index contributed by atoms with van der Waals surface area (Å²) in [6.45, 7) is 5.70. The minimum atomic E-state index is 0.312. The summed E-state index contributed by atoms with van der Waals surface area (Å²) >= 11 is 0. The minimum absolute atomic E-state index is 0.312. The average molecular weight is 277 g/mol. The molecule has 2 rings (SSSR count). The van der Waals surface area contributed by atoms with Gasteiger partial charge in [0.25, 0.3) is 0 Å². The number of hydrogen-bond acceptors (Lipinski definition) is 7. The molecule has 8 heteroatoms. The Labute approximate surface area is 117 Å². The van der Waals surface area contributed by atoms with E-state index in [-0.39, 0.29) is 0 Å². The standard InChI is InChI=1S/C12H19N7O/c1-4-13-10-16-11(18-12(17-10)20-5-2)14-6-9-7-15-19(3)8-9/h7-8H,4-6H2,1-3H3,(H2,13,14,16,17,18). The third-order valence-electron chi connectivity index (χ3n) is 2.43. The monoisotopic (exact) mass is 277 g/mol. The van der Waals surface area contributed by atoms with E-state index in [0.717, 1.165) is 12.1 Å². The Bertz CT molecular complexity index is 530. The fourth-order valence-corrected chi connectivity index (χ4v) is 1.61. The van der Waals surface area contributed by atoms with Crippen LogP contribution in [0, 0.1) is 0 Å². The van der Waals surface area contributed by atoms with Gasteiger partial charge in [-0.15, -0.1) is 0 Å². The Kier molecular flexibility index (Phi) is 4.70. The molecule has 0 unspecified atom stereocenters. The van der Waals surface area contributed by atoms with Gasteiger partial charge in [-0.25, -0.2) is 0 Å². The lowest BCUT2D eigenvalue weighted by Crippen LogP contribution is -2.10. The van der Waals surface area contributed by atoms with E-state index in [0.29, 0.717) is 31.1 Å². The molecule has 2 heterocycles. The van der Waals surface area contributed by atoms with Crippen LogP contribution in [0.3, 0.4) is 0 Å². The van der Waals surface area contributed by atoms with Crippen molar-refractivity contribution in [2.24, 2.45) is 7.05 Å². The van der Waals surface area contributed by atoms with Crippen molar-refractivity contribution in [3.63, 3.8) is 0 Å². The van der Waals surface area contributed by atoms with Crippen molar-refractivity contribution in [2.45, 2.75) is 20.4 Å². The molecule has 0 saturated heterocycles. The fourth-order valence-electron chi connectivity index (χ4n) is 1.61. The van der Waals surface area contributed by atoms with Crippen molar-refractivity contribution in [1.82, 2.24) is 24.7 Å². The second-order valence-electron chi connectivity index (χ2n) is 4.10. The Balaban J connectivity index is 2.08. The van der Waals surface area contributed by atoms with Crippen molar-refractivity contribution in [2.75, 3.05) is 23.8 Å². The molecule has 0 radical (unpaired) electrons. The summed E-state index contributed by atoms with van der Waals surface area (Å²) < 4.78 is 7.08. The Morgan fingerprint density at radius 2 is 1.90 bits per heavy atom. The highest BCUT2D eigenvalue weighted by molar-refractivity contribution is 5.36. The van der Waals surface area contributed by atoms with E-state index < -0.39 is 0 Å². The maximum Gasteiger partial charge on any atom is 0.323 e. The molecule has 0 fully saturated rings. The van der Waals surface area contributed by atoms with Gasteiger partial charge in [0.15, 0.2) is 0 Å². The molecule has 0 aliphatic rings. The number of ether oxygens (including phenoxy) is 1. The van der Waals surface area contributed by atoms with Gasteiger partial charge in [-0.2, -0.15) is 20.1 Å². The summed E-state index contributed by atoms with van der Waals surface area (Å²) in [7, 11) is 1.88. The van der Waals surface area contributed by atoms with Gasteiger partial charge < -0.3 is 15.4 Å². The third-order valence-corrected chi connectivity index (χ3v) is 2.43. The first-order chi connectivity index (χ1) is 9.71. The maximum absolute atomic E-state index is 5.33. The van der Waals surface area contributed by atoms with Gasteiger partial charge in [0.2, 0.25) is 11.9 Å². The molecule has 0 aliphatic heterocycles. The van der Waals surface area contributed by atoms with Gasteiger partial charge in [0.05, 0.1) is 12.8 Å². The van der Waals surface area contributed by atoms with E-state index in [1.54, 1.807) is 10.9 Å². The molecule has 0 saturated carbocycles. The van der Waals surface area contributed by atoms with Gasteiger partial charge >= 0.3 is 6.01 Å². The zero-order chi connectivity index (χ0) is 14.4. The van der Waals surface area contributed by atoms with E-state index in [1.165, 1.54) is 0 Å². The quantitative estimate of drug-likeness (QED) is 0.781. The summed E-state index contributed by atoms with van der Waals surface area (Å²) in [5, 5.41) is 10.3. The number of anilines is 2. The van der Waals surface area contributed by atoms with Crippen molar-refractivity contribution in [3.05, 3.63) is 18.0 Å². The van der Waals surface area contributed by atoms with Crippen LogP contribution < -0.4 is 15.4 Å². The number of nitrogens with one attached hydrogen (secondary N) is 2.